The van der Waals surface area contributed by atoms with E-state index >= 15 is 0 Å². The molecule has 1 N–H and O–H groups in total. The van der Waals surface area contributed by atoms with Crippen LogP contribution in [0.25, 0.3) is 11.3 Å². The average Bonchev–Trinajstić information content (AvgIpc) is 2.74. The number of ether oxygens (including phenoxy) is 1. The van der Waals surface area contributed by atoms with Crippen molar-refractivity contribution in [2.45, 2.75) is 6.92 Å². The van der Waals surface area contributed by atoms with Gasteiger partial charge in [0.1, 0.15) is 5.75 Å². The Morgan fingerprint density at radius 2 is 2.22 bits per heavy atom. The zero-order valence-electron chi connectivity index (χ0n) is 9.73. The first-order chi connectivity index (χ1) is 8.54. The van der Waals surface area contributed by atoms with Crippen LogP contribution in [0.3, 0.4) is 0 Å². The minimum atomic E-state index is -1.11. The quantitative estimate of drug-likeness (QED) is 0.925. The first-order valence-corrected chi connectivity index (χ1v) is 5.46. The fourth-order valence-corrected chi connectivity index (χ4v) is 1.93. The van der Waals surface area contributed by atoms with Crippen molar-refractivity contribution >= 4 is 17.6 Å². The lowest BCUT2D eigenvalue weighted by atomic mass is 10.1. The molecule has 1 heterocycles. The molecule has 0 amide bonds. The van der Waals surface area contributed by atoms with E-state index in [9.17, 15) is 4.79 Å². The van der Waals surface area contributed by atoms with Crippen LogP contribution in [-0.2, 0) is 0 Å². The molecular formula is C12H10ClNO4. The van der Waals surface area contributed by atoms with Crippen molar-refractivity contribution in [1.29, 1.82) is 0 Å². The number of halogens is 1. The van der Waals surface area contributed by atoms with Crippen molar-refractivity contribution in [3.05, 3.63) is 34.5 Å². The smallest absolute Gasteiger partial charge is 0.337 e. The summed E-state index contributed by atoms with van der Waals surface area (Å²) in [5.41, 5.74) is 1.05. The fourth-order valence-electron chi connectivity index (χ4n) is 1.60. The van der Waals surface area contributed by atoms with Crippen molar-refractivity contribution in [3.8, 4) is 17.1 Å². The Balaban J connectivity index is 2.70. The van der Waals surface area contributed by atoms with Gasteiger partial charge in [0.05, 0.1) is 29.0 Å². The van der Waals surface area contributed by atoms with Gasteiger partial charge >= 0.3 is 5.97 Å². The summed E-state index contributed by atoms with van der Waals surface area (Å²) in [6.45, 7) is 1.76. The highest BCUT2D eigenvalue weighted by molar-refractivity contribution is 6.36. The summed E-state index contributed by atoms with van der Waals surface area (Å²) in [5, 5.41) is 12.8. The van der Waals surface area contributed by atoms with Gasteiger partial charge in [-0.2, -0.15) is 0 Å². The summed E-state index contributed by atoms with van der Waals surface area (Å²) < 4.78 is 10.3. The lowest BCUT2D eigenvalue weighted by molar-refractivity contribution is 0.0697. The molecule has 0 spiro atoms. The van der Waals surface area contributed by atoms with E-state index in [1.54, 1.807) is 13.0 Å². The molecule has 0 saturated heterocycles. The van der Waals surface area contributed by atoms with Crippen molar-refractivity contribution in [3.63, 3.8) is 0 Å². The maximum Gasteiger partial charge on any atom is 0.337 e. The van der Waals surface area contributed by atoms with Crippen LogP contribution < -0.4 is 4.74 Å². The van der Waals surface area contributed by atoms with Crippen LogP contribution in [0.5, 0.6) is 5.75 Å². The second-order valence-electron chi connectivity index (χ2n) is 3.64. The zero-order chi connectivity index (χ0) is 13.3. The van der Waals surface area contributed by atoms with Crippen LogP contribution in [0.1, 0.15) is 16.1 Å². The van der Waals surface area contributed by atoms with Gasteiger partial charge in [0.15, 0.2) is 5.76 Å². The second kappa shape index (κ2) is 4.70. The van der Waals surface area contributed by atoms with E-state index in [0.717, 1.165) is 0 Å². The molecule has 0 aliphatic carbocycles. The third kappa shape index (κ3) is 2.04. The van der Waals surface area contributed by atoms with Crippen LogP contribution in [-0.4, -0.2) is 23.3 Å². The summed E-state index contributed by atoms with van der Waals surface area (Å²) in [5.74, 6) is -0.307. The molecule has 1 aromatic carbocycles. The van der Waals surface area contributed by atoms with E-state index in [-0.39, 0.29) is 10.6 Å². The lowest BCUT2D eigenvalue weighted by Crippen LogP contribution is -2.00. The number of hydrogen-bond donors (Lipinski definition) is 1. The van der Waals surface area contributed by atoms with Gasteiger partial charge in [-0.1, -0.05) is 16.8 Å². The number of rotatable bonds is 3. The largest absolute Gasteiger partial charge is 0.496 e. The van der Waals surface area contributed by atoms with Gasteiger partial charge in [-0.3, -0.25) is 0 Å². The van der Waals surface area contributed by atoms with E-state index < -0.39 is 5.97 Å². The number of hydrogen-bond acceptors (Lipinski definition) is 4. The molecule has 0 aliphatic rings. The number of aromatic carboxylic acids is 1. The number of methoxy groups -OCH3 is 1. The second-order valence-corrected chi connectivity index (χ2v) is 4.02. The van der Waals surface area contributed by atoms with Crippen LogP contribution in [0.2, 0.25) is 5.02 Å². The molecule has 0 aliphatic heterocycles. The highest BCUT2D eigenvalue weighted by Gasteiger charge is 2.20. The van der Waals surface area contributed by atoms with Gasteiger partial charge in [0.2, 0.25) is 0 Å². The van der Waals surface area contributed by atoms with Crippen LogP contribution in [0, 0.1) is 6.92 Å². The Morgan fingerprint density at radius 1 is 1.50 bits per heavy atom. The third-order valence-electron chi connectivity index (χ3n) is 2.43. The molecule has 0 saturated carbocycles. The first-order valence-electron chi connectivity index (χ1n) is 5.08. The fraction of sp³-hybridized carbons (Fsp3) is 0.167. The van der Waals surface area contributed by atoms with Crippen molar-refractivity contribution in [1.82, 2.24) is 5.16 Å². The third-order valence-corrected chi connectivity index (χ3v) is 2.82. The van der Waals surface area contributed by atoms with Gasteiger partial charge in [0, 0.05) is 6.07 Å². The molecule has 0 radical (unpaired) electrons. The summed E-state index contributed by atoms with van der Waals surface area (Å²) >= 11 is 6.08. The van der Waals surface area contributed by atoms with Gasteiger partial charge in [-0.05, 0) is 19.1 Å². The SMILES string of the molecule is COc1ccc(C(=O)O)c(Cl)c1-c1cc(C)no1. The lowest BCUT2D eigenvalue weighted by Gasteiger charge is -2.09. The molecule has 0 atom stereocenters. The Hall–Kier alpha value is -2.01. The highest BCUT2D eigenvalue weighted by Crippen LogP contribution is 2.38. The van der Waals surface area contributed by atoms with Gasteiger partial charge in [0.25, 0.3) is 0 Å². The highest BCUT2D eigenvalue weighted by atomic mass is 35.5. The Kier molecular flexibility index (Phi) is 3.25. The normalized spacial score (nSPS) is 10.4. The van der Waals surface area contributed by atoms with E-state index in [1.165, 1.54) is 19.2 Å². The van der Waals surface area contributed by atoms with E-state index in [4.69, 9.17) is 26.0 Å². The maximum absolute atomic E-state index is 11.0. The number of carboxylic acids is 1. The number of nitrogens with zero attached hydrogens (tertiary/aromatic N) is 1. The molecule has 0 bridgehead atoms. The van der Waals surface area contributed by atoms with E-state index in [2.05, 4.69) is 5.16 Å². The molecule has 1 aromatic heterocycles. The molecule has 94 valence electrons. The summed E-state index contributed by atoms with van der Waals surface area (Å²) in [7, 11) is 1.47. The monoisotopic (exact) mass is 267 g/mol. The maximum atomic E-state index is 11.0. The minimum Gasteiger partial charge on any atom is -0.496 e. The predicted octanol–water partition coefficient (Wildman–Crippen LogP) is 3.01. The molecule has 2 aromatic rings. The van der Waals surface area contributed by atoms with Crippen LogP contribution in [0.4, 0.5) is 0 Å². The predicted molar refractivity (Wildman–Crippen MR) is 65.2 cm³/mol. The average molecular weight is 268 g/mol. The summed E-state index contributed by atoms with van der Waals surface area (Å²) in [6, 6.07) is 4.58. The van der Waals surface area contributed by atoms with E-state index in [1.807, 2.05) is 0 Å². The zero-order valence-corrected chi connectivity index (χ0v) is 10.5. The molecule has 0 unspecified atom stereocenters. The first kappa shape index (κ1) is 12.4. The number of carbonyl (C=O) groups is 1. The van der Waals surface area contributed by atoms with Crippen molar-refractivity contribution in [2.75, 3.05) is 7.11 Å². The molecule has 5 nitrogen and oxygen atoms in total. The number of benzene rings is 1. The standard InChI is InChI=1S/C12H10ClNO4/c1-6-5-9(18-14-6)10-8(17-2)4-3-7(11(10)13)12(15)16/h3-5H,1-2H3,(H,15,16). The Bertz CT molecular complexity index is 606. The number of aromatic nitrogens is 1. The molecular weight excluding hydrogens is 258 g/mol. The molecule has 2 rings (SSSR count). The molecule has 6 heteroatoms. The van der Waals surface area contributed by atoms with E-state index in [0.29, 0.717) is 22.8 Å². The number of aryl methyl sites for hydroxylation is 1. The van der Waals surface area contributed by atoms with Crippen LogP contribution in [0.15, 0.2) is 22.7 Å². The Morgan fingerprint density at radius 3 is 2.72 bits per heavy atom. The van der Waals surface area contributed by atoms with Gasteiger partial charge < -0.3 is 14.4 Å². The molecule has 0 fully saturated rings. The summed E-state index contributed by atoms with van der Waals surface area (Å²) in [4.78, 5) is 11.0. The van der Waals surface area contributed by atoms with Crippen molar-refractivity contribution < 1.29 is 19.2 Å². The Labute approximate surface area is 108 Å². The topological polar surface area (TPSA) is 72.6 Å². The summed E-state index contributed by atoms with van der Waals surface area (Å²) in [6.07, 6.45) is 0. The van der Waals surface area contributed by atoms with Crippen LogP contribution >= 0.6 is 11.6 Å². The van der Waals surface area contributed by atoms with Gasteiger partial charge in [-0.25, -0.2) is 4.79 Å². The number of carboxylic acid groups (broad SMARTS) is 1. The van der Waals surface area contributed by atoms with Crippen molar-refractivity contribution in [2.24, 2.45) is 0 Å². The molecule has 18 heavy (non-hydrogen) atoms. The van der Waals surface area contributed by atoms with Gasteiger partial charge in [-0.15, -0.1) is 0 Å². The minimum absolute atomic E-state index is 0.0125.